The van der Waals surface area contributed by atoms with Crippen LogP contribution in [0.4, 0.5) is 0 Å². The van der Waals surface area contributed by atoms with Crippen molar-refractivity contribution in [3.63, 3.8) is 0 Å². The van der Waals surface area contributed by atoms with Gasteiger partial charge in [0.1, 0.15) is 0 Å². The molecule has 0 atom stereocenters. The molecule has 0 bridgehead atoms. The summed E-state index contributed by atoms with van der Waals surface area (Å²) in [6, 6.07) is 0. The highest BCUT2D eigenvalue weighted by atomic mass is 15.1. The third kappa shape index (κ3) is 2.48. The molecule has 1 heterocycles. The van der Waals surface area contributed by atoms with Crippen LogP contribution in [-0.4, -0.2) is 25.0 Å². The Hall–Kier alpha value is -0.560. The van der Waals surface area contributed by atoms with E-state index in [1.807, 2.05) is 0 Å². The molecule has 0 unspecified atom stereocenters. The smallest absolute Gasteiger partial charge is 0.00158 e. The Morgan fingerprint density at radius 3 is 1.86 bits per heavy atom. The fraction of sp³-hybridized carbons (Fsp3) is 0.692. The summed E-state index contributed by atoms with van der Waals surface area (Å²) in [5.74, 6) is 0. The van der Waals surface area contributed by atoms with Crippen molar-refractivity contribution in [1.29, 1.82) is 0 Å². The van der Waals surface area contributed by atoms with Crippen molar-refractivity contribution in [1.82, 2.24) is 4.90 Å². The molecule has 1 aliphatic heterocycles. The molecule has 0 spiro atoms. The second-order valence-corrected chi connectivity index (χ2v) is 4.56. The Morgan fingerprint density at radius 2 is 1.36 bits per heavy atom. The molecular weight excluding hydrogens is 170 g/mol. The predicted octanol–water partition coefficient (Wildman–Crippen LogP) is 3.14. The van der Waals surface area contributed by atoms with Crippen molar-refractivity contribution < 1.29 is 0 Å². The van der Waals surface area contributed by atoms with Gasteiger partial charge in [-0.05, 0) is 45.6 Å². The summed E-state index contributed by atoms with van der Waals surface area (Å²) in [4.78, 5) is 2.47. The molecule has 2 rings (SSSR count). The maximum absolute atomic E-state index is 2.47. The van der Waals surface area contributed by atoms with Gasteiger partial charge >= 0.3 is 0 Å². The number of hydrogen-bond donors (Lipinski definition) is 0. The molecule has 1 heteroatoms. The first-order valence-electron chi connectivity index (χ1n) is 5.89. The molecule has 1 aliphatic carbocycles. The van der Waals surface area contributed by atoms with Crippen LogP contribution in [0.3, 0.4) is 0 Å². The zero-order valence-corrected chi connectivity index (χ0v) is 9.26. The van der Waals surface area contributed by atoms with Crippen LogP contribution in [0.15, 0.2) is 23.3 Å². The van der Waals surface area contributed by atoms with E-state index in [1.54, 1.807) is 11.1 Å². The van der Waals surface area contributed by atoms with Crippen molar-refractivity contribution in [3.8, 4) is 0 Å². The molecular formula is C13H21N. The SMILES string of the molecule is CN1CCC2=C(CC/C=C/CC2)CC1. The number of allylic oxidation sites excluding steroid dienone is 2. The minimum absolute atomic E-state index is 1.27. The van der Waals surface area contributed by atoms with E-state index in [2.05, 4.69) is 24.1 Å². The van der Waals surface area contributed by atoms with E-state index in [-0.39, 0.29) is 0 Å². The molecule has 0 radical (unpaired) electrons. The summed E-state index contributed by atoms with van der Waals surface area (Å²) >= 11 is 0. The highest BCUT2D eigenvalue weighted by Gasteiger charge is 2.13. The van der Waals surface area contributed by atoms with Gasteiger partial charge in [0.2, 0.25) is 0 Å². The lowest BCUT2D eigenvalue weighted by Crippen LogP contribution is -2.19. The number of nitrogens with zero attached hydrogens (tertiary/aromatic N) is 1. The first-order valence-corrected chi connectivity index (χ1v) is 5.89. The maximum atomic E-state index is 2.47. The van der Waals surface area contributed by atoms with Crippen LogP contribution < -0.4 is 0 Å². The van der Waals surface area contributed by atoms with Gasteiger partial charge in [0.05, 0.1) is 0 Å². The van der Waals surface area contributed by atoms with Gasteiger partial charge in [0.25, 0.3) is 0 Å². The molecule has 1 nitrogen and oxygen atoms in total. The van der Waals surface area contributed by atoms with Gasteiger partial charge in [-0.1, -0.05) is 23.3 Å². The Morgan fingerprint density at radius 1 is 0.857 bits per heavy atom. The lowest BCUT2D eigenvalue weighted by Gasteiger charge is -2.12. The van der Waals surface area contributed by atoms with E-state index >= 15 is 0 Å². The maximum Gasteiger partial charge on any atom is 0.00158 e. The van der Waals surface area contributed by atoms with E-state index in [1.165, 1.54) is 51.6 Å². The summed E-state index contributed by atoms with van der Waals surface area (Å²) in [6.07, 6.45) is 12.5. The van der Waals surface area contributed by atoms with E-state index in [4.69, 9.17) is 0 Å². The van der Waals surface area contributed by atoms with Crippen molar-refractivity contribution in [2.75, 3.05) is 20.1 Å². The molecule has 0 aromatic carbocycles. The van der Waals surface area contributed by atoms with Crippen LogP contribution in [0, 0.1) is 0 Å². The van der Waals surface area contributed by atoms with Gasteiger partial charge < -0.3 is 4.90 Å². The second kappa shape index (κ2) is 4.79. The van der Waals surface area contributed by atoms with E-state index < -0.39 is 0 Å². The topological polar surface area (TPSA) is 3.24 Å². The standard InChI is InChI=1S/C13H21N/c1-14-10-8-12-6-4-2-3-5-7-13(12)9-11-14/h2-3H,4-11H2,1H3/b3-2+. The monoisotopic (exact) mass is 191 g/mol. The van der Waals surface area contributed by atoms with Crippen molar-refractivity contribution in [2.45, 2.75) is 38.5 Å². The van der Waals surface area contributed by atoms with Gasteiger partial charge in [-0.25, -0.2) is 0 Å². The van der Waals surface area contributed by atoms with Gasteiger partial charge in [0, 0.05) is 13.1 Å². The summed E-state index contributed by atoms with van der Waals surface area (Å²) in [6.45, 7) is 2.53. The summed E-state index contributed by atoms with van der Waals surface area (Å²) in [5, 5.41) is 0. The van der Waals surface area contributed by atoms with Crippen molar-refractivity contribution in [2.24, 2.45) is 0 Å². The zero-order valence-electron chi connectivity index (χ0n) is 9.26. The van der Waals surface area contributed by atoms with Crippen molar-refractivity contribution in [3.05, 3.63) is 23.3 Å². The molecule has 0 fully saturated rings. The fourth-order valence-corrected chi connectivity index (χ4v) is 2.47. The van der Waals surface area contributed by atoms with Gasteiger partial charge in [-0.15, -0.1) is 0 Å². The Balaban J connectivity index is 2.07. The van der Waals surface area contributed by atoms with Crippen LogP contribution in [0.1, 0.15) is 38.5 Å². The van der Waals surface area contributed by atoms with Crippen LogP contribution in [0.5, 0.6) is 0 Å². The summed E-state index contributed by atoms with van der Waals surface area (Å²) < 4.78 is 0. The first-order chi connectivity index (χ1) is 6.86. The lowest BCUT2D eigenvalue weighted by molar-refractivity contribution is 0.350. The van der Waals surface area contributed by atoms with Gasteiger partial charge in [-0.3, -0.25) is 0 Å². The first kappa shape index (κ1) is 9.97. The molecule has 0 amide bonds. The highest BCUT2D eigenvalue weighted by molar-refractivity contribution is 5.19. The molecule has 14 heavy (non-hydrogen) atoms. The quantitative estimate of drug-likeness (QED) is 0.532. The summed E-state index contributed by atoms with van der Waals surface area (Å²) in [5.41, 5.74) is 3.55. The Bertz CT molecular complexity index is 226. The lowest BCUT2D eigenvalue weighted by atomic mass is 9.93. The van der Waals surface area contributed by atoms with E-state index in [9.17, 15) is 0 Å². The second-order valence-electron chi connectivity index (χ2n) is 4.56. The van der Waals surface area contributed by atoms with E-state index in [0.717, 1.165) is 0 Å². The minimum Gasteiger partial charge on any atom is -0.306 e. The van der Waals surface area contributed by atoms with Crippen LogP contribution in [0.2, 0.25) is 0 Å². The molecule has 2 aliphatic rings. The predicted molar refractivity (Wildman–Crippen MR) is 61.4 cm³/mol. The van der Waals surface area contributed by atoms with Crippen LogP contribution in [-0.2, 0) is 0 Å². The van der Waals surface area contributed by atoms with Gasteiger partial charge in [0.15, 0.2) is 0 Å². The molecule has 0 saturated heterocycles. The van der Waals surface area contributed by atoms with Crippen LogP contribution >= 0.6 is 0 Å². The Labute approximate surface area is 87.5 Å². The fourth-order valence-electron chi connectivity index (χ4n) is 2.47. The minimum atomic E-state index is 1.27. The van der Waals surface area contributed by atoms with Crippen molar-refractivity contribution >= 4 is 0 Å². The molecule has 0 aromatic rings. The van der Waals surface area contributed by atoms with Crippen LogP contribution in [0.25, 0.3) is 0 Å². The molecule has 0 aromatic heterocycles. The molecule has 78 valence electrons. The van der Waals surface area contributed by atoms with E-state index in [0.29, 0.717) is 0 Å². The average molecular weight is 191 g/mol. The molecule has 0 N–H and O–H groups in total. The zero-order chi connectivity index (χ0) is 9.80. The largest absolute Gasteiger partial charge is 0.306 e. The normalized spacial score (nSPS) is 27.5. The molecule has 0 saturated carbocycles. The number of hydrogen-bond acceptors (Lipinski definition) is 1. The van der Waals surface area contributed by atoms with Gasteiger partial charge in [-0.2, -0.15) is 0 Å². The third-order valence-corrected chi connectivity index (χ3v) is 3.48. The summed E-state index contributed by atoms with van der Waals surface area (Å²) in [7, 11) is 2.25. The average Bonchev–Trinajstić information content (AvgIpc) is 2.29. The third-order valence-electron chi connectivity index (χ3n) is 3.48. The Kier molecular flexibility index (Phi) is 3.41. The number of rotatable bonds is 0. The highest BCUT2D eigenvalue weighted by Crippen LogP contribution is 2.27.